The van der Waals surface area contributed by atoms with Crippen molar-refractivity contribution in [3.05, 3.63) is 58.6 Å². The molecule has 0 saturated heterocycles. The van der Waals surface area contributed by atoms with Gasteiger partial charge in [0.2, 0.25) is 0 Å². The van der Waals surface area contributed by atoms with E-state index in [1.807, 2.05) is 6.92 Å². The predicted octanol–water partition coefficient (Wildman–Crippen LogP) is 3.37. The van der Waals surface area contributed by atoms with Crippen LogP contribution in [0.4, 0.5) is 11.4 Å². The summed E-state index contributed by atoms with van der Waals surface area (Å²) in [4.78, 5) is 11.6. The number of ether oxygens (including phenoxy) is 1. The van der Waals surface area contributed by atoms with Gasteiger partial charge in [-0.1, -0.05) is 29.3 Å². The highest BCUT2D eigenvalue weighted by Crippen LogP contribution is 2.34. The number of anilines is 2. The number of aryl methyl sites for hydroxylation is 1. The Morgan fingerprint density at radius 1 is 1.23 bits per heavy atom. The Morgan fingerprint density at radius 2 is 1.86 bits per heavy atom. The van der Waals surface area contributed by atoms with Crippen molar-refractivity contribution < 1.29 is 18.3 Å². The molecule has 2 rings (SSSR count). The van der Waals surface area contributed by atoms with E-state index >= 15 is 0 Å². The van der Waals surface area contributed by atoms with Gasteiger partial charge in [-0.05, 0) is 37.3 Å². The van der Waals surface area contributed by atoms with Crippen LogP contribution in [-0.2, 0) is 16.0 Å². The molecule has 0 heterocycles. The fourth-order valence-corrected chi connectivity index (χ4v) is 2.76. The van der Waals surface area contributed by atoms with Gasteiger partial charge in [-0.2, -0.15) is 0 Å². The van der Waals surface area contributed by atoms with Crippen LogP contribution in [0.25, 0.3) is 0 Å². The van der Waals surface area contributed by atoms with E-state index in [0.29, 0.717) is 5.69 Å². The van der Waals surface area contributed by atoms with Gasteiger partial charge in [0.05, 0.1) is 40.3 Å². The molecule has 1 unspecified atom stereocenters. The number of methoxy groups -OCH3 is 1. The molecular weight excluding hydrogens is 326 g/mol. The van der Waals surface area contributed by atoms with E-state index in [1.165, 1.54) is 25.3 Å². The second-order valence-corrected chi connectivity index (χ2v) is 5.71. The molecule has 0 aromatic heterocycles. The Morgan fingerprint density at radius 3 is 2.41 bits per heavy atom. The van der Waals surface area contributed by atoms with E-state index < -0.39 is 17.2 Å². The first kappa shape index (κ1) is 16.5. The van der Waals surface area contributed by atoms with Gasteiger partial charge in [-0.25, -0.2) is 4.79 Å². The van der Waals surface area contributed by atoms with Gasteiger partial charge in [0.25, 0.3) is 0 Å². The quantitative estimate of drug-likeness (QED) is 0.633. The van der Waals surface area contributed by atoms with Crippen LogP contribution in [0.3, 0.4) is 0 Å². The highest BCUT2D eigenvalue weighted by atomic mass is 35.5. The van der Waals surface area contributed by atoms with Crippen LogP contribution in [-0.4, -0.2) is 21.8 Å². The molecule has 0 radical (unpaired) electrons. The van der Waals surface area contributed by atoms with Gasteiger partial charge >= 0.3 is 5.97 Å². The van der Waals surface area contributed by atoms with Crippen molar-refractivity contribution in [1.29, 1.82) is 0 Å². The molecule has 0 bridgehead atoms. The first-order chi connectivity index (χ1) is 10.4. The fourth-order valence-electron chi connectivity index (χ4n) is 1.90. The lowest BCUT2D eigenvalue weighted by molar-refractivity contribution is 0.0601. The predicted molar refractivity (Wildman–Crippen MR) is 85.0 cm³/mol. The molecule has 0 aliphatic carbocycles. The SMILES string of the molecule is COC(=O)c1ccc(Cl)c(N(c2ccc(C)cc2)S(=O)[O-])c1. The molecule has 1 atom stereocenters. The molecule has 0 aliphatic rings. The van der Waals surface area contributed by atoms with Gasteiger partial charge in [0, 0.05) is 0 Å². The van der Waals surface area contributed by atoms with Crippen LogP contribution in [0.2, 0.25) is 5.02 Å². The third-order valence-corrected chi connectivity index (χ3v) is 4.03. The van der Waals surface area contributed by atoms with Crippen LogP contribution in [0, 0.1) is 6.92 Å². The van der Waals surface area contributed by atoms with E-state index in [-0.39, 0.29) is 16.3 Å². The van der Waals surface area contributed by atoms with Gasteiger partial charge in [0.15, 0.2) is 0 Å². The van der Waals surface area contributed by atoms with Crippen molar-refractivity contribution in [1.82, 2.24) is 0 Å². The first-order valence-electron chi connectivity index (χ1n) is 6.28. The normalized spacial score (nSPS) is 11.8. The fraction of sp³-hybridized carbons (Fsp3) is 0.133. The number of benzene rings is 2. The smallest absolute Gasteiger partial charge is 0.337 e. The van der Waals surface area contributed by atoms with E-state index in [2.05, 4.69) is 4.74 Å². The van der Waals surface area contributed by atoms with E-state index in [9.17, 15) is 13.6 Å². The molecular formula is C15H13ClNO4S-. The lowest BCUT2D eigenvalue weighted by Gasteiger charge is -2.27. The number of rotatable bonds is 4. The highest BCUT2D eigenvalue weighted by molar-refractivity contribution is 7.81. The molecule has 0 N–H and O–H groups in total. The summed E-state index contributed by atoms with van der Waals surface area (Å²) in [6.45, 7) is 1.90. The largest absolute Gasteiger partial charge is 0.755 e. The maximum Gasteiger partial charge on any atom is 0.337 e. The summed E-state index contributed by atoms with van der Waals surface area (Å²) in [5, 5.41) is 0.206. The van der Waals surface area contributed by atoms with E-state index in [0.717, 1.165) is 9.87 Å². The summed E-state index contributed by atoms with van der Waals surface area (Å²) in [5.74, 6) is -0.571. The molecule has 0 aliphatic heterocycles. The maximum absolute atomic E-state index is 11.6. The van der Waals surface area contributed by atoms with Gasteiger partial charge in [-0.3, -0.25) is 8.51 Å². The number of halogens is 1. The van der Waals surface area contributed by atoms with Crippen LogP contribution in [0.15, 0.2) is 42.5 Å². The average Bonchev–Trinajstić information content (AvgIpc) is 2.50. The van der Waals surface area contributed by atoms with Gasteiger partial charge in [-0.15, -0.1) is 0 Å². The third-order valence-electron chi connectivity index (χ3n) is 3.00. The van der Waals surface area contributed by atoms with Crippen LogP contribution in [0.5, 0.6) is 0 Å². The molecule has 0 amide bonds. The Hall–Kier alpha value is -1.89. The number of nitrogens with zero attached hydrogens (tertiary/aromatic N) is 1. The minimum Gasteiger partial charge on any atom is -0.755 e. The lowest BCUT2D eigenvalue weighted by atomic mass is 10.2. The Kier molecular flexibility index (Phi) is 5.18. The second-order valence-electron chi connectivity index (χ2n) is 4.50. The molecule has 22 heavy (non-hydrogen) atoms. The van der Waals surface area contributed by atoms with Crippen molar-refractivity contribution >= 4 is 40.2 Å². The number of carbonyl (C=O) groups is 1. The highest BCUT2D eigenvalue weighted by Gasteiger charge is 2.17. The van der Waals surface area contributed by atoms with Crippen molar-refractivity contribution in [3.8, 4) is 0 Å². The minimum atomic E-state index is -2.60. The second kappa shape index (κ2) is 6.91. The van der Waals surface area contributed by atoms with Gasteiger partial charge in [0.1, 0.15) is 0 Å². The molecule has 7 heteroatoms. The van der Waals surface area contributed by atoms with Crippen molar-refractivity contribution in [2.24, 2.45) is 0 Å². The number of carbonyl (C=O) groups excluding carboxylic acids is 1. The Labute approximate surface area is 135 Å². The Bertz CT molecular complexity index is 718. The van der Waals surface area contributed by atoms with Crippen molar-refractivity contribution in [2.45, 2.75) is 6.92 Å². The summed E-state index contributed by atoms with van der Waals surface area (Å²) >= 11 is 3.50. The minimum absolute atomic E-state index is 0.182. The molecule has 0 fully saturated rings. The first-order valence-corrected chi connectivity index (χ1v) is 7.69. The summed E-state index contributed by atoms with van der Waals surface area (Å²) in [6.07, 6.45) is 0. The average molecular weight is 339 g/mol. The molecule has 116 valence electrons. The van der Waals surface area contributed by atoms with Gasteiger partial charge < -0.3 is 9.29 Å². The monoisotopic (exact) mass is 338 g/mol. The summed E-state index contributed by atoms with van der Waals surface area (Å²) in [7, 11) is 1.25. The van der Waals surface area contributed by atoms with E-state index in [4.69, 9.17) is 11.6 Å². The van der Waals surface area contributed by atoms with Crippen LogP contribution in [0.1, 0.15) is 15.9 Å². The maximum atomic E-state index is 11.6. The van der Waals surface area contributed by atoms with Crippen LogP contribution < -0.4 is 4.31 Å². The lowest BCUT2D eigenvalue weighted by Crippen LogP contribution is -2.20. The number of hydrogen-bond acceptors (Lipinski definition) is 4. The Balaban J connectivity index is 2.55. The zero-order valence-electron chi connectivity index (χ0n) is 11.9. The molecule has 0 saturated carbocycles. The zero-order valence-corrected chi connectivity index (χ0v) is 13.5. The standard InChI is InChI=1S/C15H14ClNO4S/c1-10-3-6-12(7-4-10)17(22(19)20)14-9-11(15(18)21-2)5-8-13(14)16/h3-9H,1-2H3,(H,19,20)/p-1. The molecule has 0 spiro atoms. The van der Waals surface area contributed by atoms with Crippen molar-refractivity contribution in [2.75, 3.05) is 11.4 Å². The number of esters is 1. The van der Waals surface area contributed by atoms with Crippen LogP contribution >= 0.6 is 11.6 Å². The summed E-state index contributed by atoms with van der Waals surface area (Å²) in [6, 6.07) is 11.2. The molecule has 2 aromatic rings. The molecule has 2 aromatic carbocycles. The van der Waals surface area contributed by atoms with Crippen molar-refractivity contribution in [3.63, 3.8) is 0 Å². The summed E-state index contributed by atoms with van der Waals surface area (Å²) in [5.41, 5.74) is 1.81. The topological polar surface area (TPSA) is 69.7 Å². The van der Waals surface area contributed by atoms with E-state index in [1.54, 1.807) is 24.3 Å². The number of hydrogen-bond donors (Lipinski definition) is 0. The molecule has 5 nitrogen and oxygen atoms in total. The summed E-state index contributed by atoms with van der Waals surface area (Å²) < 4.78 is 28.9. The third kappa shape index (κ3) is 3.47. The zero-order chi connectivity index (χ0) is 16.3.